The van der Waals surface area contributed by atoms with Crippen molar-refractivity contribution < 1.29 is 23.7 Å². The number of aromatic nitrogens is 2. The lowest BCUT2D eigenvalue weighted by molar-refractivity contribution is 0.0522. The smallest absolute Gasteiger partial charge is 0.257 e. The molecule has 1 amide bonds. The van der Waals surface area contributed by atoms with Crippen LogP contribution in [0, 0.1) is 0 Å². The number of rotatable bonds is 6. The number of ether oxygens (including phenoxy) is 4. The van der Waals surface area contributed by atoms with Gasteiger partial charge in [-0.2, -0.15) is 4.98 Å². The van der Waals surface area contributed by atoms with Crippen molar-refractivity contribution in [3.05, 3.63) is 36.2 Å². The first-order valence-corrected chi connectivity index (χ1v) is 8.69. The molecule has 1 atom stereocenters. The van der Waals surface area contributed by atoms with Gasteiger partial charge in [-0.3, -0.25) is 9.78 Å². The van der Waals surface area contributed by atoms with Crippen molar-refractivity contribution in [3.8, 4) is 23.3 Å². The van der Waals surface area contributed by atoms with Crippen LogP contribution in [0.5, 0.6) is 23.3 Å². The van der Waals surface area contributed by atoms with E-state index in [1.807, 2.05) is 0 Å². The normalized spacial score (nSPS) is 16.6. The van der Waals surface area contributed by atoms with Crippen molar-refractivity contribution in [2.45, 2.75) is 18.9 Å². The summed E-state index contributed by atoms with van der Waals surface area (Å²) in [7, 11) is 4.60. The third-order valence-corrected chi connectivity index (χ3v) is 4.39. The van der Waals surface area contributed by atoms with E-state index in [1.54, 1.807) is 30.2 Å². The first-order chi connectivity index (χ1) is 13.2. The van der Waals surface area contributed by atoms with Crippen LogP contribution in [0.3, 0.4) is 0 Å². The SMILES string of the molecule is COc1cncc(OC2CCCN(C(=O)c3cccc(OC)c3OC)C2)n1. The standard InChI is InChI=1S/C19H23N3O5/c1-24-15-8-4-7-14(18(15)26-3)19(23)22-9-5-6-13(12-22)27-17-11-20-10-16(21-17)25-2/h4,7-8,10-11,13H,5-6,9,12H2,1-3H3. The molecule has 3 rings (SSSR count). The number of amides is 1. The number of piperidine rings is 1. The zero-order valence-electron chi connectivity index (χ0n) is 15.7. The molecule has 0 aliphatic carbocycles. The van der Waals surface area contributed by atoms with Crippen LogP contribution < -0.4 is 18.9 Å². The van der Waals surface area contributed by atoms with Crippen molar-refractivity contribution in [1.82, 2.24) is 14.9 Å². The lowest BCUT2D eigenvalue weighted by Gasteiger charge is -2.33. The molecule has 8 heteroatoms. The van der Waals surface area contributed by atoms with Crippen LogP contribution in [-0.4, -0.2) is 61.3 Å². The van der Waals surface area contributed by atoms with Gasteiger partial charge in [-0.15, -0.1) is 0 Å². The number of carbonyl (C=O) groups excluding carboxylic acids is 1. The van der Waals surface area contributed by atoms with Gasteiger partial charge in [-0.1, -0.05) is 6.07 Å². The molecule has 0 N–H and O–H groups in total. The van der Waals surface area contributed by atoms with Gasteiger partial charge in [0.2, 0.25) is 11.8 Å². The van der Waals surface area contributed by atoms with E-state index < -0.39 is 0 Å². The molecule has 1 aliphatic rings. The second-order valence-corrected chi connectivity index (χ2v) is 6.07. The number of likely N-dealkylation sites (tertiary alicyclic amines) is 1. The molecule has 8 nitrogen and oxygen atoms in total. The monoisotopic (exact) mass is 373 g/mol. The summed E-state index contributed by atoms with van der Waals surface area (Å²) in [5.74, 6) is 1.62. The van der Waals surface area contributed by atoms with E-state index in [1.165, 1.54) is 26.6 Å². The summed E-state index contributed by atoms with van der Waals surface area (Å²) in [4.78, 5) is 23.1. The Bertz CT molecular complexity index is 799. The van der Waals surface area contributed by atoms with Gasteiger partial charge in [0.1, 0.15) is 6.10 Å². The van der Waals surface area contributed by atoms with Gasteiger partial charge in [-0.25, -0.2) is 0 Å². The minimum absolute atomic E-state index is 0.115. The molecule has 0 radical (unpaired) electrons. The van der Waals surface area contributed by atoms with Crippen molar-refractivity contribution in [2.24, 2.45) is 0 Å². The van der Waals surface area contributed by atoms with Gasteiger partial charge in [0.15, 0.2) is 11.5 Å². The highest BCUT2D eigenvalue weighted by Gasteiger charge is 2.28. The molecule has 0 bridgehead atoms. The fourth-order valence-corrected chi connectivity index (χ4v) is 3.10. The minimum Gasteiger partial charge on any atom is -0.493 e. The molecule has 1 fully saturated rings. The van der Waals surface area contributed by atoms with Gasteiger partial charge in [0.25, 0.3) is 5.91 Å². The molecule has 1 saturated heterocycles. The van der Waals surface area contributed by atoms with E-state index in [-0.39, 0.29) is 12.0 Å². The summed E-state index contributed by atoms with van der Waals surface area (Å²) >= 11 is 0. The maximum absolute atomic E-state index is 13.0. The minimum atomic E-state index is -0.166. The number of nitrogens with zero attached hydrogens (tertiary/aromatic N) is 3. The average molecular weight is 373 g/mol. The summed E-state index contributed by atoms with van der Waals surface area (Å²) in [6, 6.07) is 5.28. The number of benzene rings is 1. The van der Waals surface area contributed by atoms with Crippen molar-refractivity contribution >= 4 is 5.91 Å². The van der Waals surface area contributed by atoms with Crippen molar-refractivity contribution in [2.75, 3.05) is 34.4 Å². The number of hydrogen-bond donors (Lipinski definition) is 0. The molecule has 1 aromatic carbocycles. The predicted octanol–water partition coefficient (Wildman–Crippen LogP) is 2.19. The Morgan fingerprint density at radius 2 is 1.93 bits per heavy atom. The Hall–Kier alpha value is -3.03. The van der Waals surface area contributed by atoms with Crippen LogP contribution in [0.2, 0.25) is 0 Å². The van der Waals surface area contributed by atoms with Crippen LogP contribution >= 0.6 is 0 Å². The van der Waals surface area contributed by atoms with E-state index in [0.29, 0.717) is 41.9 Å². The molecule has 27 heavy (non-hydrogen) atoms. The lowest BCUT2D eigenvalue weighted by atomic mass is 10.1. The predicted molar refractivity (Wildman–Crippen MR) is 97.7 cm³/mol. The molecule has 1 unspecified atom stereocenters. The maximum atomic E-state index is 13.0. The summed E-state index contributed by atoms with van der Waals surface area (Å²) in [5, 5.41) is 0. The molecule has 144 valence electrons. The topological polar surface area (TPSA) is 83.0 Å². The molecule has 0 saturated carbocycles. The van der Waals surface area contributed by atoms with Crippen molar-refractivity contribution in [3.63, 3.8) is 0 Å². The molecule has 1 aromatic heterocycles. The third-order valence-electron chi connectivity index (χ3n) is 4.39. The van der Waals surface area contributed by atoms with Crippen molar-refractivity contribution in [1.29, 1.82) is 0 Å². The van der Waals surface area contributed by atoms with Gasteiger partial charge in [0.05, 0.1) is 45.8 Å². The van der Waals surface area contributed by atoms with E-state index >= 15 is 0 Å². The zero-order valence-corrected chi connectivity index (χ0v) is 15.7. The Balaban J connectivity index is 1.73. The Morgan fingerprint density at radius 3 is 2.67 bits per heavy atom. The summed E-state index contributed by atoms with van der Waals surface area (Å²) < 4.78 is 21.7. The van der Waals surface area contributed by atoms with Gasteiger partial charge >= 0.3 is 0 Å². The van der Waals surface area contributed by atoms with Gasteiger partial charge in [0, 0.05) is 6.54 Å². The first-order valence-electron chi connectivity index (χ1n) is 8.69. The first kappa shape index (κ1) is 18.8. The highest BCUT2D eigenvalue weighted by Crippen LogP contribution is 2.32. The van der Waals surface area contributed by atoms with E-state index in [9.17, 15) is 4.79 Å². The highest BCUT2D eigenvalue weighted by atomic mass is 16.5. The zero-order chi connectivity index (χ0) is 19.2. The van der Waals surface area contributed by atoms with Gasteiger partial charge in [-0.05, 0) is 25.0 Å². The molecule has 0 spiro atoms. The van der Waals surface area contributed by atoms with Gasteiger partial charge < -0.3 is 23.8 Å². The summed E-state index contributed by atoms with van der Waals surface area (Å²) in [6.45, 7) is 1.11. The van der Waals surface area contributed by atoms with Crippen LogP contribution in [0.25, 0.3) is 0 Å². The van der Waals surface area contributed by atoms with E-state index in [2.05, 4.69) is 9.97 Å². The third kappa shape index (κ3) is 4.21. The highest BCUT2D eigenvalue weighted by molar-refractivity contribution is 5.98. The van der Waals surface area contributed by atoms with Crippen LogP contribution in [0.1, 0.15) is 23.2 Å². The number of methoxy groups -OCH3 is 3. The second kappa shape index (κ2) is 8.57. The Labute approximate surface area is 158 Å². The largest absolute Gasteiger partial charge is 0.493 e. The fourth-order valence-electron chi connectivity index (χ4n) is 3.10. The maximum Gasteiger partial charge on any atom is 0.257 e. The number of carbonyl (C=O) groups is 1. The Kier molecular flexibility index (Phi) is 5.95. The molecule has 2 aromatic rings. The van der Waals surface area contributed by atoms with Crippen LogP contribution in [-0.2, 0) is 0 Å². The molecule has 2 heterocycles. The average Bonchev–Trinajstić information content (AvgIpc) is 2.72. The quantitative estimate of drug-likeness (QED) is 0.767. The van der Waals surface area contributed by atoms with Crippen LogP contribution in [0.4, 0.5) is 0 Å². The lowest BCUT2D eigenvalue weighted by Crippen LogP contribution is -2.44. The van der Waals surface area contributed by atoms with Crippen LogP contribution in [0.15, 0.2) is 30.6 Å². The fraction of sp³-hybridized carbons (Fsp3) is 0.421. The Morgan fingerprint density at radius 1 is 1.11 bits per heavy atom. The molecular weight excluding hydrogens is 350 g/mol. The van der Waals surface area contributed by atoms with E-state index in [4.69, 9.17) is 18.9 Å². The number of para-hydroxylation sites is 1. The number of hydrogen-bond acceptors (Lipinski definition) is 7. The summed E-state index contributed by atoms with van der Waals surface area (Å²) in [6.07, 6.45) is 4.55. The van der Waals surface area contributed by atoms with E-state index in [0.717, 1.165) is 12.8 Å². The second-order valence-electron chi connectivity index (χ2n) is 6.07. The molecule has 1 aliphatic heterocycles. The molecular formula is C19H23N3O5. The summed E-state index contributed by atoms with van der Waals surface area (Å²) in [5.41, 5.74) is 0.471.